The van der Waals surface area contributed by atoms with Gasteiger partial charge in [0.15, 0.2) is 5.76 Å². The molecule has 0 bridgehead atoms. The van der Waals surface area contributed by atoms with E-state index < -0.39 is 0 Å². The minimum Gasteiger partial charge on any atom is -0.508 e. The van der Waals surface area contributed by atoms with Crippen LogP contribution in [0.2, 0.25) is 0 Å². The van der Waals surface area contributed by atoms with Crippen LogP contribution in [-0.4, -0.2) is 46.2 Å². The second kappa shape index (κ2) is 10.4. The van der Waals surface area contributed by atoms with Crippen molar-refractivity contribution in [2.75, 3.05) is 23.3 Å². The van der Waals surface area contributed by atoms with Crippen molar-refractivity contribution in [1.29, 1.82) is 0 Å². The third kappa shape index (κ3) is 5.57. The van der Waals surface area contributed by atoms with Crippen molar-refractivity contribution >= 4 is 17.4 Å². The highest BCUT2D eigenvalue weighted by atomic mass is 16.6. The maximum Gasteiger partial charge on any atom is 0.295 e. The molecule has 3 atom stereocenters. The van der Waals surface area contributed by atoms with Gasteiger partial charge in [0.1, 0.15) is 5.75 Å². The van der Waals surface area contributed by atoms with E-state index in [0.29, 0.717) is 23.9 Å². The standard InChI is InChI=1S/C26H31N5O4/c32-22-13-7-18(8-14-22)25-16-27-26(35-25)29-24-6-2-1-5-23(24)28-19-4-3-15-30(17-19)20-9-11-21(12-10-20)31(33)34/h7-14,16,19,23-24,28,32H,1-6,15,17H2,(H,27,29)/t19?,23-,24-/m1/s1. The number of nitrogens with one attached hydrogen (secondary N) is 2. The van der Waals surface area contributed by atoms with E-state index in [-0.39, 0.29) is 22.4 Å². The zero-order chi connectivity index (χ0) is 24.2. The molecule has 35 heavy (non-hydrogen) atoms. The van der Waals surface area contributed by atoms with Crippen molar-refractivity contribution < 1.29 is 14.4 Å². The van der Waals surface area contributed by atoms with Crippen molar-refractivity contribution in [1.82, 2.24) is 10.3 Å². The van der Waals surface area contributed by atoms with Gasteiger partial charge >= 0.3 is 0 Å². The van der Waals surface area contributed by atoms with Crippen LogP contribution in [-0.2, 0) is 0 Å². The van der Waals surface area contributed by atoms with E-state index in [2.05, 4.69) is 20.5 Å². The number of nitro benzene ring substituents is 1. The van der Waals surface area contributed by atoms with E-state index in [1.165, 1.54) is 12.8 Å². The lowest BCUT2D eigenvalue weighted by Crippen LogP contribution is -2.54. The number of hydrogen-bond donors (Lipinski definition) is 3. The van der Waals surface area contributed by atoms with E-state index in [0.717, 1.165) is 50.0 Å². The van der Waals surface area contributed by atoms with Crippen LogP contribution >= 0.6 is 0 Å². The van der Waals surface area contributed by atoms with E-state index in [1.807, 2.05) is 24.3 Å². The van der Waals surface area contributed by atoms with Gasteiger partial charge in [0, 0.05) is 54.6 Å². The average molecular weight is 478 g/mol. The average Bonchev–Trinajstić information content (AvgIpc) is 3.34. The molecule has 1 saturated carbocycles. The van der Waals surface area contributed by atoms with Gasteiger partial charge in [0.2, 0.25) is 0 Å². The fourth-order valence-electron chi connectivity index (χ4n) is 5.20. The smallest absolute Gasteiger partial charge is 0.295 e. The minimum atomic E-state index is -0.359. The lowest BCUT2D eigenvalue weighted by atomic mass is 9.89. The summed E-state index contributed by atoms with van der Waals surface area (Å²) in [6, 6.07) is 15.2. The van der Waals surface area contributed by atoms with Crippen LogP contribution in [0, 0.1) is 10.1 Å². The van der Waals surface area contributed by atoms with Gasteiger partial charge in [-0.3, -0.25) is 10.1 Å². The van der Waals surface area contributed by atoms with Gasteiger partial charge in [0.25, 0.3) is 11.7 Å². The first-order chi connectivity index (χ1) is 17.0. The number of phenols is 1. The van der Waals surface area contributed by atoms with Crippen molar-refractivity contribution in [2.24, 2.45) is 0 Å². The van der Waals surface area contributed by atoms with Gasteiger partial charge in [0.05, 0.1) is 11.1 Å². The molecule has 1 aromatic heterocycles. The molecular weight excluding hydrogens is 446 g/mol. The zero-order valence-electron chi connectivity index (χ0n) is 19.6. The van der Waals surface area contributed by atoms with Gasteiger partial charge in [-0.1, -0.05) is 12.8 Å². The molecule has 184 valence electrons. The normalized spacial score (nSPS) is 22.6. The summed E-state index contributed by atoms with van der Waals surface area (Å²) in [6.45, 7) is 1.84. The molecule has 0 spiro atoms. The number of hydrogen-bond acceptors (Lipinski definition) is 8. The van der Waals surface area contributed by atoms with E-state index in [4.69, 9.17) is 4.42 Å². The lowest BCUT2D eigenvalue weighted by Gasteiger charge is -2.40. The summed E-state index contributed by atoms with van der Waals surface area (Å²) in [6.07, 6.45) is 8.40. The second-order valence-corrected chi connectivity index (χ2v) is 9.44. The van der Waals surface area contributed by atoms with Gasteiger partial charge in [-0.15, -0.1) is 0 Å². The Morgan fingerprint density at radius 3 is 2.49 bits per heavy atom. The topological polar surface area (TPSA) is 117 Å². The van der Waals surface area contributed by atoms with E-state index >= 15 is 0 Å². The maximum atomic E-state index is 11.0. The maximum absolute atomic E-state index is 11.0. The highest BCUT2D eigenvalue weighted by molar-refractivity contribution is 5.58. The van der Waals surface area contributed by atoms with Crippen molar-refractivity contribution in [3.63, 3.8) is 0 Å². The van der Waals surface area contributed by atoms with Crippen LogP contribution in [0.25, 0.3) is 11.3 Å². The Morgan fingerprint density at radius 1 is 1.00 bits per heavy atom. The molecule has 1 aliphatic carbocycles. The van der Waals surface area contributed by atoms with Crippen LogP contribution in [0.4, 0.5) is 17.4 Å². The number of piperidine rings is 1. The lowest BCUT2D eigenvalue weighted by molar-refractivity contribution is -0.384. The zero-order valence-corrected chi connectivity index (χ0v) is 19.6. The molecule has 3 aromatic rings. The van der Waals surface area contributed by atoms with Crippen molar-refractivity contribution in [3.8, 4) is 17.1 Å². The summed E-state index contributed by atoms with van der Waals surface area (Å²) in [5.41, 5.74) is 2.02. The number of aromatic hydroxyl groups is 1. The monoisotopic (exact) mass is 477 g/mol. The van der Waals surface area contributed by atoms with Crippen LogP contribution in [0.3, 0.4) is 0 Å². The molecule has 0 radical (unpaired) electrons. The Hall–Kier alpha value is -3.59. The molecule has 1 saturated heterocycles. The van der Waals surface area contributed by atoms with Crippen LogP contribution in [0.15, 0.2) is 59.1 Å². The first-order valence-corrected chi connectivity index (χ1v) is 12.3. The fraction of sp³-hybridized carbons (Fsp3) is 0.423. The van der Waals surface area contributed by atoms with Crippen LogP contribution in [0.1, 0.15) is 38.5 Å². The van der Waals surface area contributed by atoms with Gasteiger partial charge in [-0.2, -0.15) is 0 Å². The Bertz CT molecular complexity index is 1130. The highest BCUT2D eigenvalue weighted by Crippen LogP contribution is 2.28. The predicted octanol–water partition coefficient (Wildman–Crippen LogP) is 4.94. The molecule has 2 heterocycles. The molecule has 2 aromatic carbocycles. The molecule has 9 heteroatoms. The van der Waals surface area contributed by atoms with Gasteiger partial charge < -0.3 is 25.1 Å². The molecule has 2 aliphatic rings. The first kappa shape index (κ1) is 23.2. The quantitative estimate of drug-likeness (QED) is 0.324. The molecule has 1 unspecified atom stereocenters. The Labute approximate surface area is 204 Å². The summed E-state index contributed by atoms with van der Waals surface area (Å²) in [7, 11) is 0. The van der Waals surface area contributed by atoms with Gasteiger partial charge in [-0.05, 0) is 62.1 Å². The number of non-ortho nitro benzene ring substituents is 1. The predicted molar refractivity (Wildman–Crippen MR) is 135 cm³/mol. The number of oxazole rings is 1. The van der Waals surface area contributed by atoms with E-state index in [9.17, 15) is 15.2 Å². The molecule has 5 rings (SSSR count). The number of rotatable bonds is 7. The van der Waals surface area contributed by atoms with E-state index in [1.54, 1.807) is 30.5 Å². The third-order valence-corrected chi connectivity index (χ3v) is 7.03. The summed E-state index contributed by atoms with van der Waals surface area (Å²) in [5, 5.41) is 27.9. The summed E-state index contributed by atoms with van der Waals surface area (Å²) >= 11 is 0. The Kier molecular flexibility index (Phi) is 6.85. The second-order valence-electron chi connectivity index (χ2n) is 9.44. The van der Waals surface area contributed by atoms with Gasteiger partial charge in [-0.25, -0.2) is 4.98 Å². The minimum absolute atomic E-state index is 0.122. The molecular formula is C26H31N5O4. The number of phenolic OH excluding ortho intramolecular Hbond substituents is 1. The van der Waals surface area contributed by atoms with Crippen molar-refractivity contribution in [2.45, 2.75) is 56.7 Å². The summed E-state index contributed by atoms with van der Waals surface area (Å²) < 4.78 is 5.96. The van der Waals surface area contributed by atoms with Crippen molar-refractivity contribution in [3.05, 3.63) is 64.8 Å². The summed E-state index contributed by atoms with van der Waals surface area (Å²) in [5.74, 6) is 0.886. The molecule has 3 N–H and O–H groups in total. The SMILES string of the molecule is O=[N+]([O-])c1ccc(N2CCCC(N[C@@H]3CCCC[C@H]3Nc3ncc(-c4ccc(O)cc4)o3)C2)cc1. The number of nitro groups is 1. The molecule has 9 nitrogen and oxygen atoms in total. The number of anilines is 2. The summed E-state index contributed by atoms with van der Waals surface area (Å²) in [4.78, 5) is 17.4. The van der Waals surface area contributed by atoms with Crippen LogP contribution < -0.4 is 15.5 Å². The third-order valence-electron chi connectivity index (χ3n) is 7.03. The fourth-order valence-corrected chi connectivity index (χ4v) is 5.20. The van der Waals surface area contributed by atoms with Crippen LogP contribution in [0.5, 0.6) is 5.75 Å². The number of nitrogens with zero attached hydrogens (tertiary/aromatic N) is 3. The molecule has 0 amide bonds. The number of aromatic nitrogens is 1. The highest BCUT2D eigenvalue weighted by Gasteiger charge is 2.30. The first-order valence-electron chi connectivity index (χ1n) is 12.3. The Balaban J connectivity index is 1.21. The molecule has 2 fully saturated rings. The largest absolute Gasteiger partial charge is 0.508 e. The Morgan fingerprint density at radius 2 is 1.74 bits per heavy atom. The molecule has 1 aliphatic heterocycles. The number of benzene rings is 2.